The van der Waals surface area contributed by atoms with Gasteiger partial charge in [-0.2, -0.15) is 4.98 Å². The Labute approximate surface area is 184 Å². The number of para-hydroxylation sites is 1. The van der Waals surface area contributed by atoms with Gasteiger partial charge in [0.1, 0.15) is 5.82 Å². The molecule has 1 aliphatic rings. The summed E-state index contributed by atoms with van der Waals surface area (Å²) in [5.41, 5.74) is 2.27. The number of nitrogens with zero attached hydrogens (tertiary/aromatic N) is 4. The van der Waals surface area contributed by atoms with Crippen molar-refractivity contribution < 1.29 is 13.9 Å². The summed E-state index contributed by atoms with van der Waals surface area (Å²) >= 11 is 1.52. The Kier molecular flexibility index (Phi) is 6.46. The fourth-order valence-electron chi connectivity index (χ4n) is 3.51. The Bertz CT molecular complexity index is 1090. The van der Waals surface area contributed by atoms with E-state index in [4.69, 9.17) is 4.74 Å². The van der Waals surface area contributed by atoms with Gasteiger partial charge in [-0.15, -0.1) is 10.2 Å². The molecule has 1 aliphatic heterocycles. The molecule has 8 heteroatoms. The number of hydrogen-bond acceptors (Lipinski definition) is 6. The van der Waals surface area contributed by atoms with Gasteiger partial charge in [0.2, 0.25) is 23.2 Å². The topological polar surface area (TPSA) is 68.2 Å². The van der Waals surface area contributed by atoms with Gasteiger partial charge in [0.05, 0.1) is 5.69 Å². The average Bonchev–Trinajstić information content (AvgIpc) is 2.91. The summed E-state index contributed by atoms with van der Waals surface area (Å²) in [6.07, 6.45) is 2.46. The summed E-state index contributed by atoms with van der Waals surface area (Å²) in [6.45, 7) is 3.61. The predicted molar refractivity (Wildman–Crippen MR) is 118 cm³/mol. The van der Waals surface area contributed by atoms with Crippen LogP contribution in [0.15, 0.2) is 53.7 Å². The van der Waals surface area contributed by atoms with Crippen LogP contribution >= 0.6 is 11.8 Å². The van der Waals surface area contributed by atoms with Crippen LogP contribution in [0.3, 0.4) is 0 Å². The molecule has 0 fully saturated rings. The van der Waals surface area contributed by atoms with Crippen LogP contribution in [0.1, 0.15) is 44.9 Å². The van der Waals surface area contributed by atoms with E-state index in [1.807, 2.05) is 24.3 Å². The van der Waals surface area contributed by atoms with Gasteiger partial charge in [-0.05, 0) is 24.6 Å². The Morgan fingerprint density at radius 1 is 1.16 bits per heavy atom. The third kappa shape index (κ3) is 4.54. The highest BCUT2D eigenvalue weighted by Gasteiger charge is 2.34. The second-order valence-corrected chi connectivity index (χ2v) is 8.30. The Morgan fingerprint density at radius 2 is 2.00 bits per heavy atom. The SMILES string of the molecule is CCCCCSc1nnc2c(n1)O[C@H](c1cccc(F)c1)N(C(C)=O)c1ccccc1-2. The first-order valence-electron chi connectivity index (χ1n) is 10.3. The van der Waals surface area contributed by atoms with E-state index in [9.17, 15) is 9.18 Å². The van der Waals surface area contributed by atoms with Crippen molar-refractivity contribution in [3.8, 4) is 17.1 Å². The minimum absolute atomic E-state index is 0.239. The largest absolute Gasteiger partial charge is 0.447 e. The second-order valence-electron chi connectivity index (χ2n) is 7.24. The molecule has 0 spiro atoms. The lowest BCUT2D eigenvalue weighted by Crippen LogP contribution is -2.36. The van der Waals surface area contributed by atoms with Gasteiger partial charge in [0.15, 0.2) is 5.69 Å². The molecule has 4 rings (SSSR count). The average molecular weight is 439 g/mol. The van der Waals surface area contributed by atoms with Gasteiger partial charge in [0.25, 0.3) is 0 Å². The molecule has 3 aromatic rings. The van der Waals surface area contributed by atoms with Crippen LogP contribution in [0, 0.1) is 5.82 Å². The molecule has 1 amide bonds. The predicted octanol–water partition coefficient (Wildman–Crippen LogP) is 5.40. The molecule has 0 bridgehead atoms. The van der Waals surface area contributed by atoms with Crippen LogP contribution in [0.25, 0.3) is 11.3 Å². The van der Waals surface area contributed by atoms with Crippen molar-refractivity contribution >= 4 is 23.4 Å². The Balaban J connectivity index is 1.80. The molecule has 2 heterocycles. The number of benzene rings is 2. The van der Waals surface area contributed by atoms with Gasteiger partial charge < -0.3 is 4.74 Å². The van der Waals surface area contributed by atoms with Crippen molar-refractivity contribution in [2.75, 3.05) is 10.7 Å². The zero-order valence-corrected chi connectivity index (χ0v) is 18.2. The number of ether oxygens (including phenoxy) is 1. The normalized spacial score (nSPS) is 14.9. The van der Waals surface area contributed by atoms with Crippen LogP contribution in [-0.4, -0.2) is 26.8 Å². The lowest BCUT2D eigenvalue weighted by Gasteiger charge is -2.29. The molecule has 0 aliphatic carbocycles. The number of carbonyl (C=O) groups excluding carboxylic acids is 1. The molecule has 2 aromatic carbocycles. The van der Waals surface area contributed by atoms with E-state index >= 15 is 0 Å². The highest BCUT2D eigenvalue weighted by atomic mass is 32.2. The lowest BCUT2D eigenvalue weighted by atomic mass is 10.1. The summed E-state index contributed by atoms with van der Waals surface area (Å²) in [7, 11) is 0. The standard InChI is InChI=1S/C23H23FN4O2S/c1-3-4-7-13-31-23-25-21-20(26-27-23)18-11-5-6-12-19(18)28(15(2)29)22(30-21)16-9-8-10-17(24)14-16/h5-6,8-12,14,22H,3-4,7,13H2,1-2H3/t22-/m1/s1. The van der Waals surface area contributed by atoms with Crippen LogP contribution in [0.4, 0.5) is 10.1 Å². The lowest BCUT2D eigenvalue weighted by molar-refractivity contribution is -0.118. The highest BCUT2D eigenvalue weighted by molar-refractivity contribution is 7.99. The van der Waals surface area contributed by atoms with Crippen molar-refractivity contribution in [1.29, 1.82) is 0 Å². The number of thioether (sulfide) groups is 1. The quantitative estimate of drug-likeness (QED) is 0.379. The van der Waals surface area contributed by atoms with Crippen LogP contribution < -0.4 is 9.64 Å². The Hall–Kier alpha value is -3.00. The van der Waals surface area contributed by atoms with Gasteiger partial charge >= 0.3 is 0 Å². The van der Waals surface area contributed by atoms with E-state index in [2.05, 4.69) is 22.1 Å². The number of halogens is 1. The zero-order valence-electron chi connectivity index (χ0n) is 17.4. The van der Waals surface area contributed by atoms with Crippen LogP contribution in [0.2, 0.25) is 0 Å². The first-order valence-corrected chi connectivity index (χ1v) is 11.3. The molecule has 0 radical (unpaired) electrons. The number of carbonyl (C=O) groups is 1. The number of aromatic nitrogens is 3. The van der Waals surface area contributed by atoms with Crippen molar-refractivity contribution in [3.05, 3.63) is 59.9 Å². The smallest absolute Gasteiger partial charge is 0.247 e. The number of fused-ring (bicyclic) bond motifs is 3. The summed E-state index contributed by atoms with van der Waals surface area (Å²) in [5, 5.41) is 9.17. The van der Waals surface area contributed by atoms with Crippen molar-refractivity contribution in [1.82, 2.24) is 15.2 Å². The molecular formula is C23H23FN4O2S. The van der Waals surface area contributed by atoms with E-state index in [1.165, 1.54) is 35.7 Å². The molecule has 1 atom stereocenters. The van der Waals surface area contributed by atoms with E-state index < -0.39 is 12.0 Å². The van der Waals surface area contributed by atoms with Gasteiger partial charge in [-0.1, -0.05) is 61.9 Å². The fraction of sp³-hybridized carbons (Fsp3) is 0.304. The van der Waals surface area contributed by atoms with Crippen molar-refractivity contribution in [2.24, 2.45) is 0 Å². The summed E-state index contributed by atoms with van der Waals surface area (Å²) in [6, 6.07) is 13.4. The molecular weight excluding hydrogens is 415 g/mol. The Morgan fingerprint density at radius 3 is 2.77 bits per heavy atom. The summed E-state index contributed by atoms with van der Waals surface area (Å²) in [4.78, 5) is 18.8. The minimum atomic E-state index is -0.884. The molecule has 6 nitrogen and oxygen atoms in total. The number of anilines is 1. The van der Waals surface area contributed by atoms with Crippen molar-refractivity contribution in [2.45, 2.75) is 44.5 Å². The van der Waals surface area contributed by atoms with Gasteiger partial charge in [-0.3, -0.25) is 9.69 Å². The van der Waals surface area contributed by atoms with Gasteiger partial charge in [0, 0.05) is 23.8 Å². The van der Waals surface area contributed by atoms with Crippen LogP contribution in [-0.2, 0) is 4.79 Å². The number of amides is 1. The van der Waals surface area contributed by atoms with Crippen LogP contribution in [0.5, 0.6) is 5.88 Å². The second kappa shape index (κ2) is 9.43. The molecule has 0 saturated carbocycles. The zero-order chi connectivity index (χ0) is 21.8. The molecule has 31 heavy (non-hydrogen) atoms. The number of unbranched alkanes of at least 4 members (excludes halogenated alkanes) is 2. The maximum absolute atomic E-state index is 14.0. The third-order valence-corrected chi connectivity index (χ3v) is 5.89. The number of hydrogen-bond donors (Lipinski definition) is 0. The van der Waals surface area contributed by atoms with E-state index in [-0.39, 0.29) is 11.8 Å². The van der Waals surface area contributed by atoms with E-state index in [0.29, 0.717) is 27.7 Å². The monoisotopic (exact) mass is 438 g/mol. The minimum Gasteiger partial charge on any atom is -0.447 e. The fourth-order valence-corrected chi connectivity index (χ4v) is 4.28. The summed E-state index contributed by atoms with van der Waals surface area (Å²) in [5.74, 6) is 0.517. The van der Waals surface area contributed by atoms with E-state index in [0.717, 1.165) is 25.0 Å². The summed E-state index contributed by atoms with van der Waals surface area (Å²) < 4.78 is 20.2. The first kappa shape index (κ1) is 21.2. The third-order valence-electron chi connectivity index (χ3n) is 4.96. The first-order chi connectivity index (χ1) is 15.1. The van der Waals surface area contributed by atoms with Gasteiger partial charge in [-0.25, -0.2) is 4.39 Å². The maximum Gasteiger partial charge on any atom is 0.247 e. The maximum atomic E-state index is 14.0. The molecule has 0 unspecified atom stereocenters. The van der Waals surface area contributed by atoms with E-state index in [1.54, 1.807) is 12.1 Å². The molecule has 1 aromatic heterocycles. The molecule has 0 N–H and O–H groups in total. The molecule has 0 saturated heterocycles. The highest BCUT2D eigenvalue weighted by Crippen LogP contribution is 2.43. The molecule has 160 valence electrons. The van der Waals surface area contributed by atoms with Crippen molar-refractivity contribution in [3.63, 3.8) is 0 Å². The number of rotatable bonds is 6.